The Morgan fingerprint density at radius 2 is 2.00 bits per heavy atom. The second-order valence-electron chi connectivity index (χ2n) is 7.41. The zero-order valence-electron chi connectivity index (χ0n) is 16.0. The molecule has 6 nitrogen and oxygen atoms in total. The Balaban J connectivity index is 1.67. The van der Waals surface area contributed by atoms with Crippen LogP contribution < -0.4 is 15.0 Å². The van der Waals surface area contributed by atoms with Crippen LogP contribution in [0.3, 0.4) is 0 Å². The highest BCUT2D eigenvalue weighted by Crippen LogP contribution is 2.34. The lowest BCUT2D eigenvalue weighted by molar-refractivity contribution is -0.133. The monoisotopic (exact) mass is 359 g/mol. The summed E-state index contributed by atoms with van der Waals surface area (Å²) in [6, 6.07) is 5.37. The van der Waals surface area contributed by atoms with Crippen molar-refractivity contribution in [2.45, 2.75) is 45.6 Å². The molecule has 6 heteroatoms. The molecule has 142 valence electrons. The van der Waals surface area contributed by atoms with Crippen molar-refractivity contribution < 1.29 is 14.3 Å². The molecule has 1 unspecified atom stereocenters. The van der Waals surface area contributed by atoms with Gasteiger partial charge in [0.25, 0.3) is 0 Å². The molecule has 2 fully saturated rings. The van der Waals surface area contributed by atoms with Crippen molar-refractivity contribution in [3.05, 3.63) is 18.2 Å². The van der Waals surface area contributed by atoms with E-state index in [2.05, 4.69) is 12.2 Å². The van der Waals surface area contributed by atoms with Gasteiger partial charge in [-0.1, -0.05) is 6.92 Å². The molecule has 2 aliphatic heterocycles. The smallest absolute Gasteiger partial charge is 0.244 e. The van der Waals surface area contributed by atoms with Gasteiger partial charge >= 0.3 is 0 Å². The number of benzene rings is 1. The van der Waals surface area contributed by atoms with Crippen molar-refractivity contribution in [3.8, 4) is 5.75 Å². The van der Waals surface area contributed by atoms with E-state index >= 15 is 0 Å². The summed E-state index contributed by atoms with van der Waals surface area (Å²) in [5.74, 6) is 1.62. The highest BCUT2D eigenvalue weighted by molar-refractivity contribution is 5.97. The SMILES string of the molecule is COc1cc(NC(C)C(=O)N2CCC(C)CC2)ccc1N1CCCC1=O. The Kier molecular flexibility index (Phi) is 5.69. The van der Waals surface area contributed by atoms with Crippen molar-refractivity contribution in [1.82, 2.24) is 4.90 Å². The number of carbonyl (C=O) groups excluding carboxylic acids is 2. The van der Waals surface area contributed by atoms with Crippen LogP contribution >= 0.6 is 0 Å². The van der Waals surface area contributed by atoms with E-state index in [-0.39, 0.29) is 17.9 Å². The van der Waals surface area contributed by atoms with Crippen molar-refractivity contribution in [2.75, 3.05) is 37.0 Å². The van der Waals surface area contributed by atoms with Gasteiger partial charge in [-0.05, 0) is 44.2 Å². The van der Waals surface area contributed by atoms with Crippen LogP contribution in [-0.4, -0.2) is 49.5 Å². The van der Waals surface area contributed by atoms with E-state index in [9.17, 15) is 9.59 Å². The summed E-state index contributed by atoms with van der Waals surface area (Å²) in [5.41, 5.74) is 1.62. The first kappa shape index (κ1) is 18.5. The molecule has 0 aliphatic carbocycles. The first-order chi connectivity index (χ1) is 12.5. The van der Waals surface area contributed by atoms with Gasteiger partial charge in [-0.15, -0.1) is 0 Å². The number of ether oxygens (including phenoxy) is 1. The fourth-order valence-electron chi connectivity index (χ4n) is 3.71. The molecule has 0 bridgehead atoms. The average molecular weight is 359 g/mol. The Morgan fingerprint density at radius 3 is 2.62 bits per heavy atom. The number of nitrogens with zero attached hydrogens (tertiary/aromatic N) is 2. The second kappa shape index (κ2) is 7.98. The number of rotatable bonds is 5. The average Bonchev–Trinajstić information content (AvgIpc) is 3.07. The number of hydrogen-bond donors (Lipinski definition) is 1. The van der Waals surface area contributed by atoms with E-state index < -0.39 is 0 Å². The zero-order chi connectivity index (χ0) is 18.7. The molecule has 1 N–H and O–H groups in total. The molecule has 1 aromatic rings. The lowest BCUT2D eigenvalue weighted by atomic mass is 9.99. The molecule has 0 saturated carbocycles. The lowest BCUT2D eigenvalue weighted by Gasteiger charge is -2.32. The minimum atomic E-state index is -0.299. The maximum Gasteiger partial charge on any atom is 0.244 e. The van der Waals surface area contributed by atoms with Gasteiger partial charge in [-0.3, -0.25) is 9.59 Å². The first-order valence-corrected chi connectivity index (χ1v) is 9.53. The van der Waals surface area contributed by atoms with Crippen LogP contribution in [0.1, 0.15) is 39.5 Å². The molecule has 0 radical (unpaired) electrons. The van der Waals surface area contributed by atoms with Crippen LogP contribution in [0.4, 0.5) is 11.4 Å². The molecule has 0 aromatic heterocycles. The molecule has 3 rings (SSSR count). The highest BCUT2D eigenvalue weighted by Gasteiger charge is 2.26. The summed E-state index contributed by atoms with van der Waals surface area (Å²) < 4.78 is 5.49. The quantitative estimate of drug-likeness (QED) is 0.878. The maximum atomic E-state index is 12.7. The summed E-state index contributed by atoms with van der Waals surface area (Å²) in [7, 11) is 1.60. The van der Waals surface area contributed by atoms with E-state index in [4.69, 9.17) is 4.74 Å². The Bertz CT molecular complexity index is 668. The Hall–Kier alpha value is -2.24. The van der Waals surface area contributed by atoms with Gasteiger partial charge < -0.3 is 19.9 Å². The van der Waals surface area contributed by atoms with Crippen LogP contribution in [0, 0.1) is 5.92 Å². The van der Waals surface area contributed by atoms with Gasteiger partial charge in [0.2, 0.25) is 11.8 Å². The van der Waals surface area contributed by atoms with Crippen molar-refractivity contribution >= 4 is 23.2 Å². The maximum absolute atomic E-state index is 12.7. The highest BCUT2D eigenvalue weighted by atomic mass is 16.5. The molecular formula is C20H29N3O3. The molecule has 0 spiro atoms. The third-order valence-electron chi connectivity index (χ3n) is 5.39. The number of anilines is 2. The molecule has 1 atom stereocenters. The van der Waals surface area contributed by atoms with Gasteiger partial charge in [0.05, 0.1) is 12.8 Å². The van der Waals surface area contributed by atoms with E-state index in [0.29, 0.717) is 18.1 Å². The zero-order valence-corrected chi connectivity index (χ0v) is 16.0. The number of carbonyl (C=O) groups is 2. The number of methoxy groups -OCH3 is 1. The van der Waals surface area contributed by atoms with Gasteiger partial charge in [-0.2, -0.15) is 0 Å². The standard InChI is InChI=1S/C20H29N3O3/c1-14-8-11-22(12-9-14)20(25)15(2)21-16-6-7-17(18(13-16)26-3)23-10-4-5-19(23)24/h6-7,13-15,21H,4-5,8-12H2,1-3H3. The van der Waals surface area contributed by atoms with Gasteiger partial charge in [0, 0.05) is 37.8 Å². The molecule has 2 aliphatic rings. The fourth-order valence-corrected chi connectivity index (χ4v) is 3.71. The largest absolute Gasteiger partial charge is 0.494 e. The predicted octanol–water partition coefficient (Wildman–Crippen LogP) is 2.88. The van der Waals surface area contributed by atoms with Crippen LogP contribution in [-0.2, 0) is 9.59 Å². The first-order valence-electron chi connectivity index (χ1n) is 9.53. The van der Waals surface area contributed by atoms with Gasteiger partial charge in [0.15, 0.2) is 0 Å². The number of hydrogen-bond acceptors (Lipinski definition) is 4. The van der Waals surface area contributed by atoms with Crippen molar-refractivity contribution in [3.63, 3.8) is 0 Å². The summed E-state index contributed by atoms with van der Waals surface area (Å²) in [5, 5.41) is 3.28. The fraction of sp³-hybridized carbons (Fsp3) is 0.600. The normalized spacial score (nSPS) is 19.6. The molecule has 26 heavy (non-hydrogen) atoms. The topological polar surface area (TPSA) is 61.9 Å². The summed E-state index contributed by atoms with van der Waals surface area (Å²) in [6.45, 7) is 6.54. The van der Waals surface area contributed by atoms with E-state index in [0.717, 1.165) is 50.3 Å². The van der Waals surface area contributed by atoms with Crippen LogP contribution in [0.25, 0.3) is 0 Å². The number of piperidine rings is 1. The summed E-state index contributed by atoms with van der Waals surface area (Å²) in [6.07, 6.45) is 3.61. The molecule has 1 aromatic carbocycles. The van der Waals surface area contributed by atoms with Crippen molar-refractivity contribution in [1.29, 1.82) is 0 Å². The number of nitrogens with one attached hydrogen (secondary N) is 1. The van der Waals surface area contributed by atoms with E-state index in [1.165, 1.54) is 0 Å². The van der Waals surface area contributed by atoms with E-state index in [1.807, 2.05) is 30.0 Å². The minimum absolute atomic E-state index is 0.131. The summed E-state index contributed by atoms with van der Waals surface area (Å²) >= 11 is 0. The molecule has 2 saturated heterocycles. The Labute approximate surface area is 155 Å². The molecular weight excluding hydrogens is 330 g/mol. The number of likely N-dealkylation sites (tertiary alicyclic amines) is 1. The number of amides is 2. The van der Waals surface area contributed by atoms with Crippen LogP contribution in [0.2, 0.25) is 0 Å². The predicted molar refractivity (Wildman–Crippen MR) is 103 cm³/mol. The summed E-state index contributed by atoms with van der Waals surface area (Å²) in [4.78, 5) is 28.4. The van der Waals surface area contributed by atoms with Crippen LogP contribution in [0.15, 0.2) is 18.2 Å². The lowest BCUT2D eigenvalue weighted by Crippen LogP contribution is -2.45. The third-order valence-corrected chi connectivity index (χ3v) is 5.39. The second-order valence-corrected chi connectivity index (χ2v) is 7.41. The van der Waals surface area contributed by atoms with Crippen molar-refractivity contribution in [2.24, 2.45) is 5.92 Å². The van der Waals surface area contributed by atoms with E-state index in [1.54, 1.807) is 12.0 Å². The minimum Gasteiger partial charge on any atom is -0.494 e. The van der Waals surface area contributed by atoms with Gasteiger partial charge in [0.1, 0.15) is 11.8 Å². The third kappa shape index (κ3) is 3.94. The van der Waals surface area contributed by atoms with Crippen LogP contribution in [0.5, 0.6) is 5.75 Å². The molecule has 2 amide bonds. The van der Waals surface area contributed by atoms with Gasteiger partial charge in [-0.25, -0.2) is 0 Å². The Morgan fingerprint density at radius 1 is 1.27 bits per heavy atom. The molecule has 2 heterocycles.